The zero-order valence-electron chi connectivity index (χ0n) is 11.0. The minimum atomic E-state index is -0.873. The lowest BCUT2D eigenvalue weighted by Crippen LogP contribution is -2.36. The van der Waals surface area contributed by atoms with Crippen LogP contribution >= 0.6 is 11.6 Å². The van der Waals surface area contributed by atoms with Crippen molar-refractivity contribution in [1.29, 1.82) is 0 Å². The molecular weight excluding hydrogens is 287 g/mol. The van der Waals surface area contributed by atoms with Crippen LogP contribution < -0.4 is 10.6 Å². The lowest BCUT2D eigenvalue weighted by molar-refractivity contribution is -0.137. The Balaban J connectivity index is 2.43. The Morgan fingerprint density at radius 2 is 2.15 bits per heavy atom. The number of carboxylic acids is 1. The molecule has 0 aliphatic heterocycles. The molecule has 0 saturated carbocycles. The number of carbonyl (C=O) groups excluding carboxylic acids is 1. The number of hydrogen-bond donors (Lipinski definition) is 3. The van der Waals surface area contributed by atoms with Crippen molar-refractivity contribution in [2.75, 3.05) is 5.32 Å². The molecule has 0 spiro atoms. The van der Waals surface area contributed by atoms with Gasteiger partial charge in [0.15, 0.2) is 0 Å². The smallest absolute Gasteiger partial charge is 0.319 e. The largest absolute Gasteiger partial charge is 0.481 e. The lowest BCUT2D eigenvalue weighted by atomic mass is 10.1. The molecule has 0 aliphatic carbocycles. The standard InChI is InChI=1S/C13H16ClFN2O3/c1-8(3-2-4-12(18)19)16-13(20)17-11-7-9(14)5-6-10(11)15/h5-8H,2-4H2,1H3,(H,18,19)(H2,16,17,20). The van der Waals surface area contributed by atoms with Gasteiger partial charge in [0.25, 0.3) is 0 Å². The average molecular weight is 303 g/mol. The second-order valence-corrected chi connectivity index (χ2v) is 4.85. The van der Waals surface area contributed by atoms with E-state index in [4.69, 9.17) is 16.7 Å². The van der Waals surface area contributed by atoms with Gasteiger partial charge in [-0.1, -0.05) is 11.6 Å². The van der Waals surface area contributed by atoms with Crippen LogP contribution in [-0.2, 0) is 4.79 Å². The number of benzene rings is 1. The molecule has 0 bridgehead atoms. The van der Waals surface area contributed by atoms with Crippen LogP contribution in [0.4, 0.5) is 14.9 Å². The summed E-state index contributed by atoms with van der Waals surface area (Å²) in [7, 11) is 0. The zero-order chi connectivity index (χ0) is 15.1. The molecule has 1 atom stereocenters. The Bertz CT molecular complexity index is 497. The Morgan fingerprint density at radius 1 is 1.45 bits per heavy atom. The highest BCUT2D eigenvalue weighted by Crippen LogP contribution is 2.19. The zero-order valence-corrected chi connectivity index (χ0v) is 11.7. The van der Waals surface area contributed by atoms with Gasteiger partial charge in [0.05, 0.1) is 5.69 Å². The summed E-state index contributed by atoms with van der Waals surface area (Å²) in [6.07, 6.45) is 1.04. The monoisotopic (exact) mass is 302 g/mol. The molecule has 1 aromatic carbocycles. The number of hydrogen-bond acceptors (Lipinski definition) is 2. The van der Waals surface area contributed by atoms with E-state index in [1.54, 1.807) is 6.92 Å². The summed E-state index contributed by atoms with van der Waals surface area (Å²) < 4.78 is 13.4. The van der Waals surface area contributed by atoms with Gasteiger partial charge in [-0.2, -0.15) is 0 Å². The molecule has 5 nitrogen and oxygen atoms in total. The van der Waals surface area contributed by atoms with Crippen LogP contribution in [0.1, 0.15) is 26.2 Å². The summed E-state index contributed by atoms with van der Waals surface area (Å²) in [4.78, 5) is 22.0. The van der Waals surface area contributed by atoms with Crippen molar-refractivity contribution in [1.82, 2.24) is 5.32 Å². The van der Waals surface area contributed by atoms with Gasteiger partial charge in [-0.3, -0.25) is 4.79 Å². The predicted molar refractivity (Wildman–Crippen MR) is 74.5 cm³/mol. The summed E-state index contributed by atoms with van der Waals surface area (Å²) in [6.45, 7) is 1.75. The quantitative estimate of drug-likeness (QED) is 0.755. The van der Waals surface area contributed by atoms with Crippen LogP contribution in [0.25, 0.3) is 0 Å². The van der Waals surface area contributed by atoms with Crippen LogP contribution in [0.2, 0.25) is 5.02 Å². The first-order chi connectivity index (χ1) is 9.38. The third-order valence-corrected chi connectivity index (χ3v) is 2.82. The van der Waals surface area contributed by atoms with Gasteiger partial charge in [0, 0.05) is 17.5 Å². The van der Waals surface area contributed by atoms with E-state index < -0.39 is 17.8 Å². The molecule has 1 unspecified atom stereocenters. The van der Waals surface area contributed by atoms with Crippen molar-refractivity contribution < 1.29 is 19.1 Å². The highest BCUT2D eigenvalue weighted by atomic mass is 35.5. The SMILES string of the molecule is CC(CCCC(=O)O)NC(=O)Nc1cc(Cl)ccc1F. The van der Waals surface area contributed by atoms with Crippen molar-refractivity contribution in [3.8, 4) is 0 Å². The van der Waals surface area contributed by atoms with Crippen molar-refractivity contribution in [3.05, 3.63) is 29.0 Å². The number of anilines is 1. The van der Waals surface area contributed by atoms with Crippen molar-refractivity contribution in [2.45, 2.75) is 32.2 Å². The van der Waals surface area contributed by atoms with Gasteiger partial charge < -0.3 is 15.7 Å². The molecule has 20 heavy (non-hydrogen) atoms. The number of rotatable bonds is 6. The molecule has 0 aromatic heterocycles. The van der Waals surface area contributed by atoms with Gasteiger partial charge in [0.1, 0.15) is 5.82 Å². The van der Waals surface area contributed by atoms with E-state index in [1.165, 1.54) is 12.1 Å². The van der Waals surface area contributed by atoms with E-state index in [2.05, 4.69) is 10.6 Å². The van der Waals surface area contributed by atoms with Crippen LogP contribution in [0.5, 0.6) is 0 Å². The fourth-order valence-electron chi connectivity index (χ4n) is 1.61. The Labute approximate surface area is 121 Å². The number of carbonyl (C=O) groups is 2. The van der Waals surface area contributed by atoms with Gasteiger partial charge in [0.2, 0.25) is 0 Å². The second kappa shape index (κ2) is 7.69. The Morgan fingerprint density at radius 3 is 2.80 bits per heavy atom. The molecule has 0 saturated heterocycles. The molecule has 1 aromatic rings. The summed E-state index contributed by atoms with van der Waals surface area (Å²) >= 11 is 5.71. The maximum Gasteiger partial charge on any atom is 0.319 e. The summed E-state index contributed by atoms with van der Waals surface area (Å²) in [5.74, 6) is -1.45. The van der Waals surface area contributed by atoms with E-state index in [9.17, 15) is 14.0 Å². The topological polar surface area (TPSA) is 78.4 Å². The normalized spacial score (nSPS) is 11.8. The lowest BCUT2D eigenvalue weighted by Gasteiger charge is -2.14. The second-order valence-electron chi connectivity index (χ2n) is 4.41. The van der Waals surface area contributed by atoms with Crippen LogP contribution in [-0.4, -0.2) is 23.1 Å². The molecule has 3 N–H and O–H groups in total. The van der Waals surface area contributed by atoms with E-state index in [-0.39, 0.29) is 18.2 Å². The molecule has 0 aliphatic rings. The summed E-state index contributed by atoms with van der Waals surface area (Å²) in [6, 6.07) is 3.08. The Kier molecular flexibility index (Phi) is 6.24. The molecule has 0 radical (unpaired) electrons. The fourth-order valence-corrected chi connectivity index (χ4v) is 1.78. The maximum atomic E-state index is 13.4. The first-order valence-electron chi connectivity index (χ1n) is 6.13. The number of aliphatic carboxylic acids is 1. The van der Waals surface area contributed by atoms with Crippen LogP contribution in [0.15, 0.2) is 18.2 Å². The Hall–Kier alpha value is -1.82. The molecular formula is C13H16ClFN2O3. The van der Waals surface area contributed by atoms with E-state index >= 15 is 0 Å². The molecule has 1 rings (SSSR count). The molecule has 2 amide bonds. The van der Waals surface area contributed by atoms with Gasteiger partial charge in [-0.15, -0.1) is 0 Å². The third-order valence-electron chi connectivity index (χ3n) is 2.58. The molecule has 0 heterocycles. The predicted octanol–water partition coefficient (Wildman–Crippen LogP) is 3.24. The highest BCUT2D eigenvalue weighted by molar-refractivity contribution is 6.30. The number of carboxylic acid groups (broad SMARTS) is 1. The van der Waals surface area contributed by atoms with Gasteiger partial charge in [-0.05, 0) is 38.0 Å². The number of nitrogens with one attached hydrogen (secondary N) is 2. The van der Waals surface area contributed by atoms with E-state index in [0.717, 1.165) is 6.07 Å². The van der Waals surface area contributed by atoms with E-state index in [1.807, 2.05) is 0 Å². The van der Waals surface area contributed by atoms with Crippen molar-refractivity contribution >= 4 is 29.3 Å². The maximum absolute atomic E-state index is 13.4. The van der Waals surface area contributed by atoms with Crippen LogP contribution in [0.3, 0.4) is 0 Å². The number of amides is 2. The first-order valence-corrected chi connectivity index (χ1v) is 6.50. The third kappa shape index (κ3) is 5.88. The van der Waals surface area contributed by atoms with Crippen molar-refractivity contribution in [2.24, 2.45) is 0 Å². The van der Waals surface area contributed by atoms with Gasteiger partial charge in [-0.25, -0.2) is 9.18 Å². The molecule has 110 valence electrons. The number of urea groups is 1. The minimum absolute atomic E-state index is 0.00673. The highest BCUT2D eigenvalue weighted by Gasteiger charge is 2.10. The fraction of sp³-hybridized carbons (Fsp3) is 0.385. The average Bonchev–Trinajstić information content (AvgIpc) is 2.33. The van der Waals surface area contributed by atoms with E-state index in [0.29, 0.717) is 17.9 Å². The summed E-state index contributed by atoms with van der Waals surface area (Å²) in [5.41, 5.74) is -0.00673. The number of halogens is 2. The van der Waals surface area contributed by atoms with Gasteiger partial charge >= 0.3 is 12.0 Å². The first kappa shape index (κ1) is 16.2. The minimum Gasteiger partial charge on any atom is -0.481 e. The molecule has 7 heteroatoms. The summed E-state index contributed by atoms with van der Waals surface area (Å²) in [5, 5.41) is 13.8. The molecule has 0 fully saturated rings. The van der Waals surface area contributed by atoms with Crippen molar-refractivity contribution in [3.63, 3.8) is 0 Å². The van der Waals surface area contributed by atoms with Crippen LogP contribution in [0, 0.1) is 5.82 Å².